The molecule has 2 aliphatic heterocycles. The zero-order valence-corrected chi connectivity index (χ0v) is 16.5. The van der Waals surface area contributed by atoms with E-state index < -0.39 is 5.54 Å². The van der Waals surface area contributed by atoms with E-state index in [9.17, 15) is 4.79 Å². The monoisotopic (exact) mass is 354 g/mol. The third kappa shape index (κ3) is 4.97. The van der Waals surface area contributed by atoms with Gasteiger partial charge in [0.1, 0.15) is 5.54 Å². The summed E-state index contributed by atoms with van der Waals surface area (Å²) < 4.78 is 17.7. The predicted molar refractivity (Wildman–Crippen MR) is 99.3 cm³/mol. The Bertz CT molecular complexity index is 456. The number of rotatable bonds is 7. The first-order chi connectivity index (χ1) is 11.6. The van der Waals surface area contributed by atoms with Gasteiger partial charge in [-0.1, -0.05) is 13.3 Å². The molecule has 2 atom stereocenters. The van der Waals surface area contributed by atoms with E-state index in [4.69, 9.17) is 19.8 Å². The lowest BCUT2D eigenvalue weighted by atomic mass is 9.76. The molecule has 7 heteroatoms. The van der Waals surface area contributed by atoms with Gasteiger partial charge in [0, 0.05) is 13.2 Å². The van der Waals surface area contributed by atoms with Gasteiger partial charge < -0.3 is 25.1 Å². The van der Waals surface area contributed by atoms with Crippen molar-refractivity contribution in [3.63, 3.8) is 0 Å². The van der Waals surface area contributed by atoms with Crippen LogP contribution in [0.15, 0.2) is 0 Å². The Hall–Kier alpha value is -0.625. The summed E-state index contributed by atoms with van der Waals surface area (Å²) in [4.78, 5) is 12.4. The number of ether oxygens (including phenoxy) is 1. The molecule has 2 fully saturated rings. The van der Waals surface area contributed by atoms with Crippen LogP contribution in [-0.2, 0) is 18.8 Å². The molecule has 2 rings (SSSR count). The molecule has 0 radical (unpaired) electrons. The minimum Gasteiger partial charge on any atom is -0.403 e. The van der Waals surface area contributed by atoms with E-state index in [1.165, 1.54) is 0 Å². The molecule has 0 aliphatic carbocycles. The molecule has 0 aromatic heterocycles. The lowest BCUT2D eigenvalue weighted by molar-refractivity contribution is -0.133. The Kier molecular flexibility index (Phi) is 6.57. The molecule has 25 heavy (non-hydrogen) atoms. The van der Waals surface area contributed by atoms with Crippen LogP contribution in [0.4, 0.5) is 0 Å². The van der Waals surface area contributed by atoms with Crippen LogP contribution < -0.4 is 11.1 Å². The van der Waals surface area contributed by atoms with Gasteiger partial charge in [0.25, 0.3) is 0 Å². The van der Waals surface area contributed by atoms with Crippen molar-refractivity contribution < 1.29 is 18.8 Å². The molecule has 2 saturated heterocycles. The van der Waals surface area contributed by atoms with Gasteiger partial charge in [-0.25, -0.2) is 0 Å². The minimum absolute atomic E-state index is 0.0960. The summed E-state index contributed by atoms with van der Waals surface area (Å²) >= 11 is 0. The van der Waals surface area contributed by atoms with E-state index in [0.29, 0.717) is 19.6 Å². The smallest absolute Gasteiger partial charge is 0.403 e. The topological polar surface area (TPSA) is 82.8 Å². The standard InChI is InChI=1S/C18H35BN2O4/c1-6-7-10-21-15(22)18(20)11-14(12-23-13-18)8-9-19-24-16(2,3)17(4,5)25-19/h14H,6-13,20H2,1-5H3,(H,21,22)/t14-,18-/m1/s1. The normalized spacial score (nSPS) is 31.1. The maximum absolute atomic E-state index is 12.4. The van der Waals surface area contributed by atoms with E-state index in [0.717, 1.165) is 25.6 Å². The molecule has 0 spiro atoms. The van der Waals surface area contributed by atoms with Crippen molar-refractivity contribution in [2.24, 2.45) is 11.7 Å². The lowest BCUT2D eigenvalue weighted by Crippen LogP contribution is -2.60. The van der Waals surface area contributed by atoms with Gasteiger partial charge in [0.2, 0.25) is 5.91 Å². The van der Waals surface area contributed by atoms with Crippen molar-refractivity contribution >= 4 is 13.0 Å². The third-order valence-electron chi connectivity index (χ3n) is 5.75. The Morgan fingerprint density at radius 3 is 2.48 bits per heavy atom. The highest BCUT2D eigenvalue weighted by molar-refractivity contribution is 6.45. The SMILES string of the molecule is CCCCNC(=O)[C@]1(N)COC[C@H](CCB2OC(C)(C)C(C)(C)O2)C1. The predicted octanol–water partition coefficient (Wildman–Crippen LogP) is 2.12. The second-order valence-corrected chi connectivity index (χ2v) is 8.61. The summed E-state index contributed by atoms with van der Waals surface area (Å²) in [5.41, 5.74) is 4.81. The molecular weight excluding hydrogens is 319 g/mol. The quantitative estimate of drug-likeness (QED) is 0.541. The van der Waals surface area contributed by atoms with Gasteiger partial charge in [-0.05, 0) is 59.2 Å². The largest absolute Gasteiger partial charge is 0.457 e. The van der Waals surface area contributed by atoms with Crippen LogP contribution in [0.5, 0.6) is 0 Å². The number of nitrogens with one attached hydrogen (secondary N) is 1. The van der Waals surface area contributed by atoms with Crippen LogP contribution in [0, 0.1) is 5.92 Å². The van der Waals surface area contributed by atoms with Crippen LogP contribution >= 0.6 is 0 Å². The fourth-order valence-electron chi connectivity index (χ4n) is 3.39. The average Bonchev–Trinajstić information content (AvgIpc) is 2.73. The number of unbranched alkanes of at least 4 members (excludes halogenated alkanes) is 1. The number of hydrogen-bond donors (Lipinski definition) is 2. The van der Waals surface area contributed by atoms with Crippen LogP contribution in [-0.4, -0.2) is 49.5 Å². The first-order valence-corrected chi connectivity index (χ1v) is 9.60. The van der Waals surface area contributed by atoms with Crippen molar-refractivity contribution in [2.75, 3.05) is 19.8 Å². The zero-order chi connectivity index (χ0) is 18.7. The number of nitrogens with two attached hydrogens (primary N) is 1. The van der Waals surface area contributed by atoms with Crippen molar-refractivity contribution in [1.29, 1.82) is 0 Å². The van der Waals surface area contributed by atoms with E-state index in [1.54, 1.807) is 0 Å². The summed E-state index contributed by atoms with van der Waals surface area (Å²) in [6.45, 7) is 11.9. The summed E-state index contributed by atoms with van der Waals surface area (Å²) in [6.07, 6.45) is 4.32. The van der Waals surface area contributed by atoms with Gasteiger partial charge in [0.05, 0.1) is 17.8 Å². The molecule has 3 N–H and O–H groups in total. The molecule has 0 aromatic carbocycles. The molecule has 144 valence electrons. The van der Waals surface area contributed by atoms with Gasteiger partial charge in [0.15, 0.2) is 0 Å². The molecule has 2 aliphatic rings. The Morgan fingerprint density at radius 1 is 1.24 bits per heavy atom. The second-order valence-electron chi connectivity index (χ2n) is 8.61. The van der Waals surface area contributed by atoms with Crippen LogP contribution in [0.1, 0.15) is 60.3 Å². The molecule has 0 bridgehead atoms. The maximum Gasteiger partial charge on any atom is 0.457 e. The third-order valence-corrected chi connectivity index (χ3v) is 5.75. The van der Waals surface area contributed by atoms with Crippen LogP contribution in [0.25, 0.3) is 0 Å². The Morgan fingerprint density at radius 2 is 1.88 bits per heavy atom. The zero-order valence-electron chi connectivity index (χ0n) is 16.5. The van der Waals surface area contributed by atoms with E-state index >= 15 is 0 Å². The molecule has 0 saturated carbocycles. The second kappa shape index (κ2) is 7.95. The highest BCUT2D eigenvalue weighted by Gasteiger charge is 2.51. The van der Waals surface area contributed by atoms with E-state index in [-0.39, 0.29) is 36.8 Å². The van der Waals surface area contributed by atoms with Crippen molar-refractivity contribution in [3.8, 4) is 0 Å². The van der Waals surface area contributed by atoms with Gasteiger partial charge in [-0.2, -0.15) is 0 Å². The number of carbonyl (C=O) groups excluding carboxylic acids is 1. The van der Waals surface area contributed by atoms with Crippen molar-refractivity contribution in [3.05, 3.63) is 0 Å². The number of carbonyl (C=O) groups is 1. The fourth-order valence-corrected chi connectivity index (χ4v) is 3.39. The summed E-state index contributed by atoms with van der Waals surface area (Å²) in [6, 6.07) is 0. The molecule has 1 amide bonds. The number of amides is 1. The summed E-state index contributed by atoms with van der Waals surface area (Å²) in [5.74, 6) is 0.149. The molecule has 2 heterocycles. The lowest BCUT2D eigenvalue weighted by Gasteiger charge is -2.36. The number of hydrogen-bond acceptors (Lipinski definition) is 5. The maximum atomic E-state index is 12.4. The molecule has 6 nitrogen and oxygen atoms in total. The molecule has 0 aromatic rings. The highest BCUT2D eigenvalue weighted by Crippen LogP contribution is 2.38. The van der Waals surface area contributed by atoms with Gasteiger partial charge >= 0.3 is 7.12 Å². The fraction of sp³-hybridized carbons (Fsp3) is 0.944. The van der Waals surface area contributed by atoms with Crippen molar-refractivity contribution in [1.82, 2.24) is 5.32 Å². The Labute approximate surface area is 152 Å². The first-order valence-electron chi connectivity index (χ1n) is 9.60. The Balaban J connectivity index is 1.82. The van der Waals surface area contributed by atoms with Crippen LogP contribution in [0.3, 0.4) is 0 Å². The van der Waals surface area contributed by atoms with Crippen molar-refractivity contribution in [2.45, 2.75) is 83.4 Å². The summed E-state index contributed by atoms with van der Waals surface area (Å²) in [5, 5.41) is 2.94. The minimum atomic E-state index is -0.924. The highest BCUT2D eigenvalue weighted by atomic mass is 16.7. The van der Waals surface area contributed by atoms with E-state index in [1.807, 2.05) is 0 Å². The summed E-state index contributed by atoms with van der Waals surface area (Å²) in [7, 11) is -0.211. The van der Waals surface area contributed by atoms with Crippen LogP contribution in [0.2, 0.25) is 6.32 Å². The molecule has 0 unspecified atom stereocenters. The first kappa shape index (κ1) is 20.7. The van der Waals surface area contributed by atoms with Gasteiger partial charge in [-0.3, -0.25) is 4.79 Å². The van der Waals surface area contributed by atoms with Gasteiger partial charge in [-0.15, -0.1) is 0 Å². The average molecular weight is 354 g/mol. The molecular formula is C18H35BN2O4. The van der Waals surface area contributed by atoms with E-state index in [2.05, 4.69) is 39.9 Å².